The normalized spacial score (nSPS) is 20.5. The number of amides is 1. The van der Waals surface area contributed by atoms with Gasteiger partial charge in [0.25, 0.3) is 0 Å². The average Bonchev–Trinajstić information content (AvgIpc) is 2.84. The zero-order valence-electron chi connectivity index (χ0n) is 19.5. The first kappa shape index (κ1) is 23.9. The topological polar surface area (TPSA) is 69.7 Å². The summed E-state index contributed by atoms with van der Waals surface area (Å²) in [4.78, 5) is 15.8. The van der Waals surface area contributed by atoms with Gasteiger partial charge in [-0.1, -0.05) is 48.4 Å². The summed E-state index contributed by atoms with van der Waals surface area (Å²) >= 11 is 0. The molecule has 178 valence electrons. The fourth-order valence-electron chi connectivity index (χ4n) is 4.80. The number of aryl methyl sites for hydroxylation is 1. The second-order valence-corrected chi connectivity index (χ2v) is 11.3. The Bertz CT molecular complexity index is 1050. The molecule has 0 saturated carbocycles. The van der Waals surface area contributed by atoms with Crippen molar-refractivity contribution >= 4 is 15.9 Å². The Morgan fingerprint density at radius 2 is 1.64 bits per heavy atom. The Hall–Kier alpha value is -2.22. The molecule has 2 heterocycles. The highest BCUT2D eigenvalue weighted by molar-refractivity contribution is 7.89. The smallest absolute Gasteiger partial charge is 0.243 e. The summed E-state index contributed by atoms with van der Waals surface area (Å²) in [5, 5.41) is 3.09. The molecular weight excluding hydrogens is 434 g/mol. The number of hydrogen-bond acceptors (Lipinski definition) is 4. The molecule has 0 aromatic heterocycles. The molecule has 2 saturated heterocycles. The average molecular weight is 470 g/mol. The molecule has 2 aliphatic heterocycles. The number of nitrogens with one attached hydrogen (secondary N) is 1. The van der Waals surface area contributed by atoms with Crippen molar-refractivity contribution in [2.75, 3.05) is 26.2 Å². The second-order valence-electron chi connectivity index (χ2n) is 9.34. The van der Waals surface area contributed by atoms with Crippen LogP contribution in [0.3, 0.4) is 0 Å². The first-order valence-corrected chi connectivity index (χ1v) is 13.5. The van der Waals surface area contributed by atoms with Crippen LogP contribution in [0.1, 0.15) is 48.8 Å². The third-order valence-corrected chi connectivity index (χ3v) is 8.71. The summed E-state index contributed by atoms with van der Waals surface area (Å²) in [5.74, 6) is -0.389. The van der Waals surface area contributed by atoms with E-state index in [1.165, 1.54) is 29.1 Å². The van der Waals surface area contributed by atoms with E-state index in [4.69, 9.17) is 0 Å². The molecule has 1 N–H and O–H groups in total. The van der Waals surface area contributed by atoms with E-state index in [2.05, 4.69) is 28.4 Å². The Morgan fingerprint density at radius 3 is 2.36 bits per heavy atom. The van der Waals surface area contributed by atoms with E-state index in [1.807, 2.05) is 25.1 Å². The van der Waals surface area contributed by atoms with Gasteiger partial charge in [-0.3, -0.25) is 9.69 Å². The van der Waals surface area contributed by atoms with Crippen LogP contribution in [0, 0.1) is 12.8 Å². The maximum atomic E-state index is 13.1. The molecule has 0 spiro atoms. The number of carbonyl (C=O) groups is 1. The van der Waals surface area contributed by atoms with E-state index in [9.17, 15) is 13.2 Å². The highest BCUT2D eigenvalue weighted by atomic mass is 32.2. The molecule has 4 rings (SSSR count). The van der Waals surface area contributed by atoms with E-state index in [-0.39, 0.29) is 18.4 Å². The van der Waals surface area contributed by atoms with Gasteiger partial charge in [-0.15, -0.1) is 0 Å². The number of sulfonamides is 1. The Balaban J connectivity index is 1.37. The van der Waals surface area contributed by atoms with Gasteiger partial charge in [-0.2, -0.15) is 4.31 Å². The molecule has 0 radical (unpaired) electrons. The molecule has 33 heavy (non-hydrogen) atoms. The standard InChI is InChI=1S/C26H35N3O3S/c1-21-11-13-25(14-12-21)33(31,32)29-17-7-10-24(20-29)26(30)27-18-22-8-3-4-9-23(22)19-28-15-5-2-6-16-28/h3-4,8-9,11-14,24H,2,5-7,10,15-20H2,1H3,(H,27,30). The lowest BCUT2D eigenvalue weighted by atomic mass is 9.98. The van der Waals surface area contributed by atoms with Crippen molar-refractivity contribution in [3.8, 4) is 0 Å². The van der Waals surface area contributed by atoms with Crippen LogP contribution in [0.25, 0.3) is 0 Å². The minimum absolute atomic E-state index is 0.0634. The van der Waals surface area contributed by atoms with Crippen LogP contribution < -0.4 is 5.32 Å². The van der Waals surface area contributed by atoms with Gasteiger partial charge in [0.05, 0.1) is 10.8 Å². The molecule has 2 aromatic carbocycles. The Kier molecular flexibility index (Phi) is 7.83. The van der Waals surface area contributed by atoms with Gasteiger partial charge in [0.15, 0.2) is 0 Å². The van der Waals surface area contributed by atoms with Crippen molar-refractivity contribution in [3.05, 3.63) is 65.2 Å². The van der Waals surface area contributed by atoms with Crippen LogP contribution in [0.4, 0.5) is 0 Å². The van der Waals surface area contributed by atoms with E-state index < -0.39 is 10.0 Å². The predicted molar refractivity (Wildman–Crippen MR) is 130 cm³/mol. The summed E-state index contributed by atoms with van der Waals surface area (Å²) in [7, 11) is -3.59. The van der Waals surface area contributed by atoms with Crippen molar-refractivity contribution in [2.24, 2.45) is 5.92 Å². The first-order chi connectivity index (χ1) is 15.9. The third-order valence-electron chi connectivity index (χ3n) is 6.83. The zero-order chi connectivity index (χ0) is 23.3. The van der Waals surface area contributed by atoms with E-state index >= 15 is 0 Å². The largest absolute Gasteiger partial charge is 0.352 e. The number of nitrogens with zero attached hydrogens (tertiary/aromatic N) is 2. The lowest BCUT2D eigenvalue weighted by molar-refractivity contribution is -0.126. The predicted octanol–water partition coefficient (Wildman–Crippen LogP) is 3.70. The molecule has 2 fully saturated rings. The highest BCUT2D eigenvalue weighted by Crippen LogP contribution is 2.24. The number of piperidine rings is 2. The van der Waals surface area contributed by atoms with Gasteiger partial charge in [0.1, 0.15) is 0 Å². The first-order valence-electron chi connectivity index (χ1n) is 12.1. The second kappa shape index (κ2) is 10.8. The van der Waals surface area contributed by atoms with E-state index in [0.717, 1.165) is 30.8 Å². The van der Waals surface area contributed by atoms with Crippen molar-refractivity contribution in [1.82, 2.24) is 14.5 Å². The van der Waals surface area contributed by atoms with Crippen LogP contribution in [-0.4, -0.2) is 49.7 Å². The van der Waals surface area contributed by atoms with Crippen molar-refractivity contribution in [1.29, 1.82) is 0 Å². The number of benzene rings is 2. The number of likely N-dealkylation sites (tertiary alicyclic amines) is 1. The van der Waals surface area contributed by atoms with Crippen molar-refractivity contribution < 1.29 is 13.2 Å². The van der Waals surface area contributed by atoms with Crippen LogP contribution in [0.2, 0.25) is 0 Å². The maximum absolute atomic E-state index is 13.1. The Morgan fingerprint density at radius 1 is 0.939 bits per heavy atom. The van der Waals surface area contributed by atoms with Crippen molar-refractivity contribution in [2.45, 2.75) is 57.0 Å². The van der Waals surface area contributed by atoms with Gasteiger partial charge < -0.3 is 5.32 Å². The third kappa shape index (κ3) is 6.02. The van der Waals surface area contributed by atoms with E-state index in [1.54, 1.807) is 12.1 Å². The number of carbonyl (C=O) groups excluding carboxylic acids is 1. The zero-order valence-corrected chi connectivity index (χ0v) is 20.3. The lowest BCUT2D eigenvalue weighted by Crippen LogP contribution is -2.45. The molecule has 1 unspecified atom stereocenters. The fraction of sp³-hybridized carbons (Fsp3) is 0.500. The summed E-state index contributed by atoms with van der Waals surface area (Å²) in [6.45, 7) is 6.28. The maximum Gasteiger partial charge on any atom is 0.243 e. The van der Waals surface area contributed by atoms with Crippen LogP contribution in [0.5, 0.6) is 0 Å². The van der Waals surface area contributed by atoms with Gasteiger partial charge >= 0.3 is 0 Å². The quantitative estimate of drug-likeness (QED) is 0.671. The van der Waals surface area contributed by atoms with Crippen molar-refractivity contribution in [3.63, 3.8) is 0 Å². The molecule has 0 aliphatic carbocycles. The minimum atomic E-state index is -3.59. The summed E-state index contributed by atoms with van der Waals surface area (Å²) in [5.41, 5.74) is 3.41. The van der Waals surface area contributed by atoms with Gasteiger partial charge in [0, 0.05) is 26.2 Å². The summed E-state index contributed by atoms with van der Waals surface area (Å²) in [6.07, 6.45) is 5.22. The fourth-order valence-corrected chi connectivity index (χ4v) is 6.33. The van der Waals surface area contributed by atoms with Gasteiger partial charge in [0.2, 0.25) is 15.9 Å². The molecule has 6 nitrogen and oxygen atoms in total. The molecule has 0 bridgehead atoms. The SMILES string of the molecule is Cc1ccc(S(=O)(=O)N2CCCC(C(=O)NCc3ccccc3CN3CCCCC3)C2)cc1. The molecule has 1 atom stereocenters. The summed E-state index contributed by atoms with van der Waals surface area (Å²) < 4.78 is 27.6. The molecule has 1 amide bonds. The minimum Gasteiger partial charge on any atom is -0.352 e. The highest BCUT2D eigenvalue weighted by Gasteiger charge is 2.33. The Labute approximate surface area is 198 Å². The molecular formula is C26H35N3O3S. The van der Waals surface area contributed by atoms with Gasteiger partial charge in [-0.25, -0.2) is 8.42 Å². The molecule has 2 aromatic rings. The van der Waals surface area contributed by atoms with Gasteiger partial charge in [-0.05, 0) is 69.0 Å². The number of rotatable bonds is 7. The lowest BCUT2D eigenvalue weighted by Gasteiger charge is -2.31. The van der Waals surface area contributed by atoms with Crippen LogP contribution in [0.15, 0.2) is 53.4 Å². The summed E-state index contributed by atoms with van der Waals surface area (Å²) in [6, 6.07) is 15.2. The van der Waals surface area contributed by atoms with Crippen LogP contribution >= 0.6 is 0 Å². The van der Waals surface area contributed by atoms with E-state index in [0.29, 0.717) is 30.8 Å². The molecule has 2 aliphatic rings. The molecule has 7 heteroatoms. The number of hydrogen-bond donors (Lipinski definition) is 1. The monoisotopic (exact) mass is 469 g/mol. The van der Waals surface area contributed by atoms with Crippen LogP contribution in [-0.2, 0) is 27.9 Å².